The molecule has 0 unspecified atom stereocenters. The zero-order valence-corrected chi connectivity index (χ0v) is 16.4. The molecule has 2 heterocycles. The normalized spacial score (nSPS) is 14.0. The molecule has 3 rings (SSSR count). The van der Waals surface area contributed by atoms with E-state index >= 15 is 0 Å². The zero-order valence-electron chi connectivity index (χ0n) is 14.0. The van der Waals surface area contributed by atoms with E-state index in [0.717, 1.165) is 25.9 Å². The van der Waals surface area contributed by atoms with Crippen LogP contribution in [0.4, 0.5) is 5.69 Å². The number of anilines is 1. The first-order valence-electron chi connectivity index (χ1n) is 8.30. The highest BCUT2D eigenvalue weighted by Gasteiger charge is 2.18. The first-order chi connectivity index (χ1) is 12.5. The highest BCUT2D eigenvalue weighted by atomic mass is 79.9. The number of carbonyl (C=O) groups excluding carboxylic acids is 2. The van der Waals surface area contributed by atoms with Gasteiger partial charge in [-0.25, -0.2) is 0 Å². The van der Waals surface area contributed by atoms with Crippen LogP contribution in [0.15, 0.2) is 45.5 Å². The molecule has 1 aliphatic rings. The van der Waals surface area contributed by atoms with Crippen molar-refractivity contribution in [1.29, 1.82) is 0 Å². The van der Waals surface area contributed by atoms with Crippen LogP contribution >= 0.6 is 28.1 Å². The van der Waals surface area contributed by atoms with Gasteiger partial charge in [0.15, 0.2) is 15.5 Å². The summed E-state index contributed by atoms with van der Waals surface area (Å²) in [5, 5.41) is 5.59. The molecule has 2 amide bonds. The molecule has 0 radical (unpaired) electrons. The van der Waals surface area contributed by atoms with Crippen LogP contribution in [0.2, 0.25) is 0 Å². The number of piperidine rings is 1. The summed E-state index contributed by atoms with van der Waals surface area (Å²) in [6.07, 6.45) is 3.26. The Labute approximate surface area is 165 Å². The van der Waals surface area contributed by atoms with E-state index in [1.54, 1.807) is 36.4 Å². The fourth-order valence-electron chi connectivity index (χ4n) is 2.77. The second kappa shape index (κ2) is 8.46. The summed E-state index contributed by atoms with van der Waals surface area (Å²) in [4.78, 5) is 26.5. The number of hydrogen-bond donors (Lipinski definition) is 2. The Morgan fingerprint density at radius 3 is 2.58 bits per heavy atom. The first kappa shape index (κ1) is 18.6. The Bertz CT molecular complexity index is 831. The Morgan fingerprint density at radius 1 is 1.12 bits per heavy atom. The molecule has 2 aromatic rings. The molecule has 1 aliphatic heterocycles. The Hall–Kier alpha value is -2.19. The average molecular weight is 436 g/mol. The van der Waals surface area contributed by atoms with Crippen molar-refractivity contribution in [3.8, 4) is 0 Å². The van der Waals surface area contributed by atoms with Gasteiger partial charge in [0.1, 0.15) is 0 Å². The molecule has 8 heteroatoms. The van der Waals surface area contributed by atoms with E-state index in [-0.39, 0.29) is 16.8 Å². The maximum absolute atomic E-state index is 12.6. The average Bonchev–Trinajstić information content (AvgIpc) is 3.08. The van der Waals surface area contributed by atoms with Gasteiger partial charge in [0.25, 0.3) is 11.8 Å². The maximum Gasteiger partial charge on any atom is 0.293 e. The van der Waals surface area contributed by atoms with Gasteiger partial charge in [-0.2, -0.15) is 0 Å². The molecule has 0 atom stereocenters. The Kier molecular flexibility index (Phi) is 6.05. The molecule has 0 saturated carbocycles. The smallest absolute Gasteiger partial charge is 0.293 e. The van der Waals surface area contributed by atoms with Crippen LogP contribution < -0.4 is 10.6 Å². The van der Waals surface area contributed by atoms with Gasteiger partial charge in [0.2, 0.25) is 0 Å². The molecule has 6 nitrogen and oxygen atoms in total. The fourth-order valence-corrected chi connectivity index (χ4v) is 3.29. The van der Waals surface area contributed by atoms with Crippen LogP contribution in [0.3, 0.4) is 0 Å². The maximum atomic E-state index is 12.6. The zero-order chi connectivity index (χ0) is 18.5. The molecule has 1 fully saturated rings. The van der Waals surface area contributed by atoms with Crippen molar-refractivity contribution in [1.82, 2.24) is 10.2 Å². The van der Waals surface area contributed by atoms with Crippen LogP contribution in [0, 0.1) is 0 Å². The van der Waals surface area contributed by atoms with E-state index in [1.807, 2.05) is 4.90 Å². The number of rotatable bonds is 3. The molecule has 0 spiro atoms. The highest BCUT2D eigenvalue weighted by molar-refractivity contribution is 9.10. The lowest BCUT2D eigenvalue weighted by Crippen LogP contribution is -2.36. The molecule has 0 bridgehead atoms. The minimum absolute atomic E-state index is 0.0174. The van der Waals surface area contributed by atoms with Crippen LogP contribution in [0.1, 0.15) is 40.2 Å². The van der Waals surface area contributed by atoms with E-state index in [2.05, 4.69) is 26.6 Å². The van der Waals surface area contributed by atoms with E-state index < -0.39 is 5.91 Å². The quantitative estimate of drug-likeness (QED) is 0.717. The third-order valence-electron chi connectivity index (χ3n) is 4.03. The van der Waals surface area contributed by atoms with Gasteiger partial charge >= 0.3 is 0 Å². The molecule has 1 aromatic carbocycles. The number of nitrogens with one attached hydrogen (secondary N) is 2. The van der Waals surface area contributed by atoms with Gasteiger partial charge in [0.05, 0.1) is 0 Å². The standard InChI is InChI=1S/C18H18BrN3O3S/c19-15-8-7-14(25-15)16(23)21-18(26)20-13-6-4-5-12(11-13)17(24)22-9-2-1-3-10-22/h4-8,11H,1-3,9-10H2,(H2,20,21,23,26). The molecule has 26 heavy (non-hydrogen) atoms. The molecular weight excluding hydrogens is 418 g/mol. The largest absolute Gasteiger partial charge is 0.444 e. The second-order valence-corrected chi connectivity index (χ2v) is 7.14. The number of amides is 2. The number of nitrogens with zero attached hydrogens (tertiary/aromatic N) is 1. The predicted molar refractivity (Wildman–Crippen MR) is 106 cm³/mol. The van der Waals surface area contributed by atoms with Crippen molar-refractivity contribution in [3.05, 3.63) is 52.4 Å². The van der Waals surface area contributed by atoms with Crippen molar-refractivity contribution in [2.75, 3.05) is 18.4 Å². The van der Waals surface area contributed by atoms with Gasteiger partial charge in [-0.15, -0.1) is 0 Å². The summed E-state index contributed by atoms with van der Waals surface area (Å²) in [6.45, 7) is 1.59. The third kappa shape index (κ3) is 4.70. The van der Waals surface area contributed by atoms with Crippen molar-refractivity contribution in [2.45, 2.75) is 19.3 Å². The van der Waals surface area contributed by atoms with E-state index in [1.165, 1.54) is 6.42 Å². The molecule has 1 saturated heterocycles. The fraction of sp³-hybridized carbons (Fsp3) is 0.278. The lowest BCUT2D eigenvalue weighted by atomic mass is 10.1. The molecule has 136 valence electrons. The summed E-state index contributed by atoms with van der Waals surface area (Å²) in [5.41, 5.74) is 1.24. The van der Waals surface area contributed by atoms with Gasteiger partial charge in [-0.3, -0.25) is 14.9 Å². The minimum Gasteiger partial charge on any atom is -0.444 e. The summed E-state index contributed by atoms with van der Waals surface area (Å²) in [5.74, 6) is -0.285. The molecule has 1 aromatic heterocycles. The Balaban J connectivity index is 1.61. The van der Waals surface area contributed by atoms with Crippen LogP contribution in [0.5, 0.6) is 0 Å². The summed E-state index contributed by atoms with van der Waals surface area (Å²) in [7, 11) is 0. The van der Waals surface area contributed by atoms with E-state index in [9.17, 15) is 9.59 Å². The molecule has 0 aliphatic carbocycles. The summed E-state index contributed by atoms with van der Waals surface area (Å²) in [6, 6.07) is 10.3. The summed E-state index contributed by atoms with van der Waals surface area (Å²) >= 11 is 8.31. The minimum atomic E-state index is -0.450. The van der Waals surface area contributed by atoms with E-state index in [4.69, 9.17) is 16.6 Å². The van der Waals surface area contributed by atoms with Gasteiger partial charge in [-0.05, 0) is 77.7 Å². The number of hydrogen-bond acceptors (Lipinski definition) is 4. The third-order valence-corrected chi connectivity index (χ3v) is 4.67. The van der Waals surface area contributed by atoms with Crippen molar-refractivity contribution in [2.24, 2.45) is 0 Å². The molecular formula is C18H18BrN3O3S. The van der Waals surface area contributed by atoms with Crippen molar-refractivity contribution < 1.29 is 14.0 Å². The van der Waals surface area contributed by atoms with Crippen molar-refractivity contribution >= 4 is 50.8 Å². The van der Waals surface area contributed by atoms with Gasteiger partial charge < -0.3 is 14.6 Å². The van der Waals surface area contributed by atoms with Crippen LogP contribution in [-0.2, 0) is 0 Å². The lowest BCUT2D eigenvalue weighted by molar-refractivity contribution is 0.0724. The van der Waals surface area contributed by atoms with Gasteiger partial charge in [0, 0.05) is 24.3 Å². The SMILES string of the molecule is O=C(NC(=S)Nc1cccc(C(=O)N2CCCCC2)c1)c1ccc(Br)o1. The molecule has 2 N–H and O–H groups in total. The van der Waals surface area contributed by atoms with Gasteiger partial charge in [-0.1, -0.05) is 6.07 Å². The van der Waals surface area contributed by atoms with Crippen LogP contribution in [-0.4, -0.2) is 34.9 Å². The first-order valence-corrected chi connectivity index (χ1v) is 9.50. The van der Waals surface area contributed by atoms with Crippen LogP contribution in [0.25, 0.3) is 0 Å². The highest BCUT2D eigenvalue weighted by Crippen LogP contribution is 2.17. The number of halogens is 1. The van der Waals surface area contributed by atoms with E-state index in [0.29, 0.717) is 15.9 Å². The predicted octanol–water partition coefficient (Wildman–Crippen LogP) is 3.80. The Morgan fingerprint density at radius 2 is 1.88 bits per heavy atom. The number of thiocarbonyl (C=S) groups is 1. The second-order valence-electron chi connectivity index (χ2n) is 5.95. The lowest BCUT2D eigenvalue weighted by Gasteiger charge is -2.26. The monoisotopic (exact) mass is 435 g/mol. The number of carbonyl (C=O) groups is 2. The number of likely N-dealkylation sites (tertiary alicyclic amines) is 1. The number of furan rings is 1. The number of benzene rings is 1. The summed E-state index contributed by atoms with van der Waals surface area (Å²) < 4.78 is 5.64. The van der Waals surface area contributed by atoms with Crippen molar-refractivity contribution in [3.63, 3.8) is 0 Å². The topological polar surface area (TPSA) is 74.6 Å².